The van der Waals surface area contributed by atoms with Crippen molar-refractivity contribution in [1.29, 1.82) is 0 Å². The lowest BCUT2D eigenvalue weighted by Gasteiger charge is -2.31. The van der Waals surface area contributed by atoms with Crippen molar-refractivity contribution >= 4 is 28.8 Å². The average molecular weight is 278 g/mol. The summed E-state index contributed by atoms with van der Waals surface area (Å²) in [5, 5.41) is 6.82. The second kappa shape index (κ2) is 6.70. The molecule has 1 saturated heterocycles. The van der Waals surface area contributed by atoms with Gasteiger partial charge < -0.3 is 15.5 Å². The summed E-state index contributed by atoms with van der Waals surface area (Å²) >= 11 is 5.15. The first-order chi connectivity index (χ1) is 9.19. The molecule has 19 heavy (non-hydrogen) atoms. The van der Waals surface area contributed by atoms with Crippen molar-refractivity contribution in [2.45, 2.75) is 26.7 Å². The Morgan fingerprint density at radius 3 is 3.00 bits per heavy atom. The molecule has 0 aliphatic carbocycles. The van der Waals surface area contributed by atoms with Crippen molar-refractivity contribution in [2.75, 3.05) is 29.9 Å². The summed E-state index contributed by atoms with van der Waals surface area (Å²) in [7, 11) is 0. The normalized spacial score (nSPS) is 19.1. The molecule has 0 saturated carbocycles. The van der Waals surface area contributed by atoms with Crippen LogP contribution >= 0.6 is 12.2 Å². The van der Waals surface area contributed by atoms with Crippen LogP contribution in [0.2, 0.25) is 0 Å². The SMILES string of the molecule is CCNC(=S)Nc1ccc(N2CCCC(C)C2)nc1. The summed E-state index contributed by atoms with van der Waals surface area (Å²) in [6.45, 7) is 7.36. The second-order valence-corrected chi connectivity index (χ2v) is 5.49. The fraction of sp³-hybridized carbons (Fsp3) is 0.571. The molecular formula is C14H22N4S. The van der Waals surface area contributed by atoms with E-state index in [1.165, 1.54) is 12.8 Å². The van der Waals surface area contributed by atoms with Crippen LogP contribution in [0.5, 0.6) is 0 Å². The average Bonchev–Trinajstić information content (AvgIpc) is 2.40. The minimum Gasteiger partial charge on any atom is -0.363 e. The van der Waals surface area contributed by atoms with E-state index in [2.05, 4.69) is 33.5 Å². The minimum absolute atomic E-state index is 0.642. The summed E-state index contributed by atoms with van der Waals surface area (Å²) in [5.74, 6) is 1.82. The van der Waals surface area contributed by atoms with Crippen LogP contribution in [0.3, 0.4) is 0 Å². The Bertz CT molecular complexity index is 418. The molecule has 1 unspecified atom stereocenters. The lowest BCUT2D eigenvalue weighted by molar-refractivity contribution is 0.444. The molecule has 0 spiro atoms. The van der Waals surface area contributed by atoms with Gasteiger partial charge in [0.15, 0.2) is 5.11 Å². The van der Waals surface area contributed by atoms with E-state index in [-0.39, 0.29) is 0 Å². The third kappa shape index (κ3) is 4.06. The lowest BCUT2D eigenvalue weighted by atomic mass is 10.0. The molecule has 1 aliphatic rings. The van der Waals surface area contributed by atoms with Gasteiger partial charge in [-0.2, -0.15) is 0 Å². The largest absolute Gasteiger partial charge is 0.363 e. The molecule has 2 N–H and O–H groups in total. The Hall–Kier alpha value is -1.36. The Balaban J connectivity index is 1.96. The summed E-state index contributed by atoms with van der Waals surface area (Å²) < 4.78 is 0. The number of thiocarbonyl (C=S) groups is 1. The number of pyridine rings is 1. The van der Waals surface area contributed by atoms with Crippen LogP contribution in [0.15, 0.2) is 18.3 Å². The van der Waals surface area contributed by atoms with Crippen LogP contribution in [0, 0.1) is 5.92 Å². The number of rotatable bonds is 3. The Morgan fingerprint density at radius 1 is 1.53 bits per heavy atom. The molecule has 0 aromatic carbocycles. The zero-order valence-corrected chi connectivity index (χ0v) is 12.5. The number of piperidine rings is 1. The highest BCUT2D eigenvalue weighted by Gasteiger charge is 2.17. The number of aromatic nitrogens is 1. The van der Waals surface area contributed by atoms with Gasteiger partial charge in [0.05, 0.1) is 11.9 Å². The van der Waals surface area contributed by atoms with Gasteiger partial charge in [0.1, 0.15) is 5.82 Å². The van der Waals surface area contributed by atoms with Crippen molar-refractivity contribution in [2.24, 2.45) is 5.92 Å². The van der Waals surface area contributed by atoms with E-state index in [4.69, 9.17) is 12.2 Å². The highest BCUT2D eigenvalue weighted by Crippen LogP contribution is 2.21. The van der Waals surface area contributed by atoms with Gasteiger partial charge in [0, 0.05) is 19.6 Å². The molecule has 1 aliphatic heterocycles. The van der Waals surface area contributed by atoms with E-state index in [9.17, 15) is 0 Å². The molecule has 0 bridgehead atoms. The molecule has 1 aromatic rings. The van der Waals surface area contributed by atoms with Crippen LogP contribution in [-0.4, -0.2) is 29.7 Å². The first-order valence-corrected chi connectivity index (χ1v) is 7.35. The van der Waals surface area contributed by atoms with E-state index in [1.807, 2.05) is 19.2 Å². The third-order valence-electron chi connectivity index (χ3n) is 3.32. The Kier molecular flexibility index (Phi) is 4.96. The number of nitrogens with zero attached hydrogens (tertiary/aromatic N) is 2. The van der Waals surface area contributed by atoms with Crippen molar-refractivity contribution in [3.63, 3.8) is 0 Å². The van der Waals surface area contributed by atoms with E-state index in [0.29, 0.717) is 5.11 Å². The fourth-order valence-corrected chi connectivity index (χ4v) is 2.64. The molecule has 1 fully saturated rings. The monoisotopic (exact) mass is 278 g/mol. The molecule has 4 nitrogen and oxygen atoms in total. The molecule has 0 radical (unpaired) electrons. The summed E-state index contributed by atoms with van der Waals surface area (Å²) in [6.07, 6.45) is 4.43. The predicted octanol–water partition coefficient (Wildman–Crippen LogP) is 2.62. The second-order valence-electron chi connectivity index (χ2n) is 5.08. The molecule has 2 rings (SSSR count). The van der Waals surface area contributed by atoms with Gasteiger partial charge in [-0.05, 0) is 50.0 Å². The van der Waals surface area contributed by atoms with Gasteiger partial charge in [0.25, 0.3) is 0 Å². The van der Waals surface area contributed by atoms with E-state index in [1.54, 1.807) is 0 Å². The van der Waals surface area contributed by atoms with Crippen molar-refractivity contribution in [3.05, 3.63) is 18.3 Å². The van der Waals surface area contributed by atoms with Gasteiger partial charge >= 0.3 is 0 Å². The van der Waals surface area contributed by atoms with Gasteiger partial charge in [0.2, 0.25) is 0 Å². The zero-order chi connectivity index (χ0) is 13.7. The number of hydrogen-bond acceptors (Lipinski definition) is 3. The van der Waals surface area contributed by atoms with Crippen LogP contribution in [0.4, 0.5) is 11.5 Å². The highest BCUT2D eigenvalue weighted by atomic mass is 32.1. The summed E-state index contributed by atoms with van der Waals surface area (Å²) in [6, 6.07) is 4.10. The van der Waals surface area contributed by atoms with Gasteiger partial charge in [-0.25, -0.2) is 4.98 Å². The maximum Gasteiger partial charge on any atom is 0.170 e. The quantitative estimate of drug-likeness (QED) is 0.832. The Labute approximate surface area is 120 Å². The molecule has 1 aromatic heterocycles. The first-order valence-electron chi connectivity index (χ1n) is 6.95. The summed E-state index contributed by atoms with van der Waals surface area (Å²) in [4.78, 5) is 6.89. The minimum atomic E-state index is 0.642. The van der Waals surface area contributed by atoms with Crippen molar-refractivity contribution in [3.8, 4) is 0 Å². The third-order valence-corrected chi connectivity index (χ3v) is 3.57. The van der Waals surface area contributed by atoms with E-state index in [0.717, 1.165) is 37.1 Å². The van der Waals surface area contributed by atoms with E-state index < -0.39 is 0 Å². The highest BCUT2D eigenvalue weighted by molar-refractivity contribution is 7.80. The maximum absolute atomic E-state index is 5.15. The van der Waals surface area contributed by atoms with E-state index >= 15 is 0 Å². The first kappa shape index (κ1) is 14.1. The van der Waals surface area contributed by atoms with Gasteiger partial charge in [-0.15, -0.1) is 0 Å². The van der Waals surface area contributed by atoms with Crippen LogP contribution in [0.1, 0.15) is 26.7 Å². The number of anilines is 2. The van der Waals surface area contributed by atoms with Crippen LogP contribution in [-0.2, 0) is 0 Å². The molecule has 2 heterocycles. The van der Waals surface area contributed by atoms with Crippen LogP contribution in [0.25, 0.3) is 0 Å². The number of hydrogen-bond donors (Lipinski definition) is 2. The van der Waals surface area contributed by atoms with Crippen LogP contribution < -0.4 is 15.5 Å². The maximum atomic E-state index is 5.15. The molecule has 5 heteroatoms. The van der Waals surface area contributed by atoms with Crippen molar-refractivity contribution in [1.82, 2.24) is 10.3 Å². The standard InChI is InChI=1S/C14H22N4S/c1-3-15-14(19)17-12-6-7-13(16-9-12)18-8-4-5-11(2)10-18/h6-7,9,11H,3-5,8,10H2,1-2H3,(H2,15,17,19). The smallest absolute Gasteiger partial charge is 0.170 e. The predicted molar refractivity (Wildman–Crippen MR) is 84.7 cm³/mol. The molecule has 104 valence electrons. The summed E-state index contributed by atoms with van der Waals surface area (Å²) in [5.41, 5.74) is 0.930. The molecular weight excluding hydrogens is 256 g/mol. The molecule has 1 atom stereocenters. The topological polar surface area (TPSA) is 40.2 Å². The lowest BCUT2D eigenvalue weighted by Crippen LogP contribution is -2.34. The van der Waals surface area contributed by atoms with Gasteiger partial charge in [-0.1, -0.05) is 6.92 Å². The fourth-order valence-electron chi connectivity index (χ4n) is 2.38. The van der Waals surface area contributed by atoms with Gasteiger partial charge in [-0.3, -0.25) is 0 Å². The van der Waals surface area contributed by atoms with Crippen molar-refractivity contribution < 1.29 is 0 Å². The number of nitrogens with one attached hydrogen (secondary N) is 2. The Morgan fingerprint density at radius 2 is 2.37 bits per heavy atom. The zero-order valence-electron chi connectivity index (χ0n) is 11.6. The molecule has 0 amide bonds.